The first-order valence-electron chi connectivity index (χ1n) is 16.7. The Morgan fingerprint density at radius 2 is 0.895 bits per heavy atom. The summed E-state index contributed by atoms with van der Waals surface area (Å²) < 4.78 is 10.7. The number of rotatable bonds is 31. The van der Waals surface area contributed by atoms with Crippen molar-refractivity contribution in [1.29, 1.82) is 0 Å². The fourth-order valence-electron chi connectivity index (χ4n) is 4.75. The van der Waals surface area contributed by atoms with Crippen LogP contribution in [0.3, 0.4) is 0 Å². The lowest BCUT2D eigenvalue weighted by molar-refractivity contribution is 0.124. The number of allylic oxidation sites excluding steroid dienone is 2. The SMILES string of the molecule is CCCCCCCCCCCCCCCCCCCC/C=C/O/C(O)=C(/O)CCCCCOCCCCC. The quantitative estimate of drug-likeness (QED) is 0.0680. The standard InChI is InChI=1S/C34H66O4/c1-3-5-7-8-9-10-11-12-13-14-15-16-17-18-19-20-21-22-23-28-32-38-34(36)33(35)29-25-24-27-31-37-30-26-6-4-2/h28,32,35-36H,3-27,29-31H2,1-2H3/b32-28+,34-33+. The van der Waals surface area contributed by atoms with E-state index < -0.39 is 0 Å². The van der Waals surface area contributed by atoms with Crippen molar-refractivity contribution in [3.8, 4) is 0 Å². The van der Waals surface area contributed by atoms with Gasteiger partial charge in [0, 0.05) is 19.6 Å². The van der Waals surface area contributed by atoms with E-state index in [2.05, 4.69) is 13.8 Å². The lowest BCUT2D eigenvalue weighted by Crippen LogP contribution is -1.97. The van der Waals surface area contributed by atoms with Gasteiger partial charge in [0.25, 0.3) is 0 Å². The summed E-state index contributed by atoms with van der Waals surface area (Å²) in [6, 6.07) is 0. The average molecular weight is 539 g/mol. The Morgan fingerprint density at radius 1 is 0.500 bits per heavy atom. The van der Waals surface area contributed by atoms with E-state index in [1.807, 2.05) is 6.08 Å². The Labute approximate surface area is 237 Å². The molecule has 0 unspecified atom stereocenters. The first-order chi connectivity index (χ1) is 18.7. The van der Waals surface area contributed by atoms with E-state index in [9.17, 15) is 10.2 Å². The molecule has 0 aliphatic carbocycles. The summed E-state index contributed by atoms with van der Waals surface area (Å²) in [4.78, 5) is 0. The Bertz CT molecular complexity index is 515. The van der Waals surface area contributed by atoms with Crippen LogP contribution >= 0.6 is 0 Å². The van der Waals surface area contributed by atoms with Crippen molar-refractivity contribution in [2.75, 3.05) is 13.2 Å². The second-order valence-electron chi connectivity index (χ2n) is 11.2. The number of aliphatic hydroxyl groups is 2. The second kappa shape index (κ2) is 32.1. The molecule has 0 saturated heterocycles. The van der Waals surface area contributed by atoms with Crippen molar-refractivity contribution in [3.63, 3.8) is 0 Å². The van der Waals surface area contributed by atoms with Crippen LogP contribution in [-0.4, -0.2) is 23.4 Å². The van der Waals surface area contributed by atoms with Gasteiger partial charge in [0.1, 0.15) is 0 Å². The number of ether oxygens (including phenoxy) is 2. The Balaban J connectivity index is 3.37. The van der Waals surface area contributed by atoms with Gasteiger partial charge in [-0.2, -0.15) is 0 Å². The van der Waals surface area contributed by atoms with E-state index in [0.29, 0.717) is 6.42 Å². The summed E-state index contributed by atoms with van der Waals surface area (Å²) >= 11 is 0. The smallest absolute Gasteiger partial charge is 0.321 e. The fraction of sp³-hybridized carbons (Fsp3) is 0.882. The van der Waals surface area contributed by atoms with Gasteiger partial charge in [0.05, 0.1) is 6.26 Å². The average Bonchev–Trinajstić information content (AvgIpc) is 2.92. The highest BCUT2D eigenvalue weighted by Crippen LogP contribution is 2.15. The minimum absolute atomic E-state index is 0.0633. The molecule has 0 radical (unpaired) electrons. The maximum atomic E-state index is 9.92. The number of hydrogen-bond acceptors (Lipinski definition) is 4. The molecule has 226 valence electrons. The maximum Gasteiger partial charge on any atom is 0.321 e. The lowest BCUT2D eigenvalue weighted by Gasteiger charge is -2.05. The predicted molar refractivity (Wildman–Crippen MR) is 165 cm³/mol. The molecule has 0 aromatic heterocycles. The molecule has 2 N–H and O–H groups in total. The van der Waals surface area contributed by atoms with Gasteiger partial charge in [-0.3, -0.25) is 0 Å². The molecule has 0 aromatic rings. The number of hydrogen-bond donors (Lipinski definition) is 2. The second-order valence-corrected chi connectivity index (χ2v) is 11.2. The molecule has 0 amide bonds. The molecule has 0 bridgehead atoms. The van der Waals surface area contributed by atoms with Crippen molar-refractivity contribution in [2.24, 2.45) is 0 Å². The van der Waals surface area contributed by atoms with Gasteiger partial charge in [0.15, 0.2) is 5.76 Å². The topological polar surface area (TPSA) is 58.9 Å². The molecule has 0 aromatic carbocycles. The van der Waals surface area contributed by atoms with Gasteiger partial charge >= 0.3 is 5.95 Å². The highest BCUT2D eigenvalue weighted by molar-refractivity contribution is 4.93. The van der Waals surface area contributed by atoms with Gasteiger partial charge in [-0.05, 0) is 38.2 Å². The zero-order valence-corrected chi connectivity index (χ0v) is 25.7. The van der Waals surface area contributed by atoms with Crippen LogP contribution in [0.5, 0.6) is 0 Å². The normalized spacial score (nSPS) is 12.4. The summed E-state index contributed by atoms with van der Waals surface area (Å²) in [5.74, 6) is -0.429. The van der Waals surface area contributed by atoms with Crippen LogP contribution in [0, 0.1) is 0 Å². The minimum atomic E-state index is -0.366. The zero-order chi connectivity index (χ0) is 27.8. The monoisotopic (exact) mass is 538 g/mol. The lowest BCUT2D eigenvalue weighted by atomic mass is 10.0. The van der Waals surface area contributed by atoms with Crippen molar-refractivity contribution >= 4 is 0 Å². The summed E-state index contributed by atoms with van der Waals surface area (Å²) in [7, 11) is 0. The van der Waals surface area contributed by atoms with Crippen LogP contribution in [0.1, 0.15) is 181 Å². The number of unbranched alkanes of at least 4 members (excludes halogenated alkanes) is 22. The molecule has 4 nitrogen and oxygen atoms in total. The first-order valence-corrected chi connectivity index (χ1v) is 16.7. The van der Waals surface area contributed by atoms with Crippen LogP contribution in [0.4, 0.5) is 0 Å². The Hall–Kier alpha value is -1.16. The fourth-order valence-corrected chi connectivity index (χ4v) is 4.75. The molecule has 0 spiro atoms. The predicted octanol–water partition coefficient (Wildman–Crippen LogP) is 12.0. The van der Waals surface area contributed by atoms with Gasteiger partial charge in [-0.1, -0.05) is 142 Å². The van der Waals surface area contributed by atoms with Crippen LogP contribution in [-0.2, 0) is 9.47 Å². The third-order valence-corrected chi connectivity index (χ3v) is 7.34. The summed E-state index contributed by atoms with van der Waals surface area (Å²) in [5, 5.41) is 19.8. The van der Waals surface area contributed by atoms with E-state index >= 15 is 0 Å². The maximum absolute atomic E-state index is 9.92. The minimum Gasteiger partial charge on any atom is -0.506 e. The highest BCUT2D eigenvalue weighted by Gasteiger charge is 2.04. The van der Waals surface area contributed by atoms with Crippen LogP contribution < -0.4 is 0 Å². The van der Waals surface area contributed by atoms with E-state index in [-0.39, 0.29) is 11.7 Å². The van der Waals surface area contributed by atoms with Crippen LogP contribution in [0.2, 0.25) is 0 Å². The molecule has 0 aliphatic rings. The largest absolute Gasteiger partial charge is 0.506 e. The van der Waals surface area contributed by atoms with Crippen molar-refractivity contribution < 1.29 is 19.7 Å². The van der Waals surface area contributed by atoms with Crippen molar-refractivity contribution in [2.45, 2.75) is 181 Å². The molecule has 0 rings (SSSR count). The van der Waals surface area contributed by atoms with E-state index in [0.717, 1.165) is 51.7 Å². The number of aliphatic hydroxyl groups excluding tert-OH is 2. The van der Waals surface area contributed by atoms with Crippen molar-refractivity contribution in [1.82, 2.24) is 0 Å². The third-order valence-electron chi connectivity index (χ3n) is 7.34. The molecular formula is C34H66O4. The van der Waals surface area contributed by atoms with Crippen LogP contribution in [0.15, 0.2) is 24.0 Å². The van der Waals surface area contributed by atoms with Gasteiger partial charge in [0.2, 0.25) is 0 Å². The molecule has 38 heavy (non-hydrogen) atoms. The first kappa shape index (κ1) is 36.8. The summed E-state index contributed by atoms with van der Waals surface area (Å²) in [6.07, 6.45) is 36.2. The van der Waals surface area contributed by atoms with Gasteiger partial charge < -0.3 is 19.7 Å². The molecular weight excluding hydrogens is 472 g/mol. The van der Waals surface area contributed by atoms with Gasteiger partial charge in [-0.25, -0.2) is 0 Å². The Kier molecular flexibility index (Phi) is 31.1. The summed E-state index contributed by atoms with van der Waals surface area (Å²) in [5.41, 5.74) is 0. The van der Waals surface area contributed by atoms with Gasteiger partial charge in [-0.15, -0.1) is 0 Å². The van der Waals surface area contributed by atoms with E-state index in [4.69, 9.17) is 9.47 Å². The molecule has 0 atom stereocenters. The van der Waals surface area contributed by atoms with Crippen LogP contribution in [0.25, 0.3) is 0 Å². The molecule has 0 heterocycles. The van der Waals surface area contributed by atoms with Crippen molar-refractivity contribution in [3.05, 3.63) is 24.0 Å². The van der Waals surface area contributed by atoms with E-state index in [1.54, 1.807) is 0 Å². The highest BCUT2D eigenvalue weighted by atomic mass is 16.6. The molecule has 0 aliphatic heterocycles. The van der Waals surface area contributed by atoms with E-state index in [1.165, 1.54) is 128 Å². The molecule has 4 heteroatoms. The summed E-state index contributed by atoms with van der Waals surface area (Å²) in [6.45, 7) is 6.10. The Morgan fingerprint density at radius 3 is 1.39 bits per heavy atom. The molecule has 0 fully saturated rings. The zero-order valence-electron chi connectivity index (χ0n) is 25.7. The molecule has 0 saturated carbocycles. The third kappa shape index (κ3) is 29.4.